The molecule has 2 heterocycles. The van der Waals surface area contributed by atoms with E-state index in [9.17, 15) is 0 Å². The SMILES string of the molecule is Cc1nc(C)c(-c2onc(C)c2C)s1. The Balaban J connectivity index is 2.59. The van der Waals surface area contributed by atoms with Crippen molar-refractivity contribution in [3.63, 3.8) is 0 Å². The number of hydrogen-bond acceptors (Lipinski definition) is 4. The van der Waals surface area contributed by atoms with Crippen molar-refractivity contribution in [1.29, 1.82) is 0 Å². The van der Waals surface area contributed by atoms with E-state index in [4.69, 9.17) is 4.52 Å². The monoisotopic (exact) mass is 208 g/mol. The first-order valence-electron chi connectivity index (χ1n) is 4.47. The first kappa shape index (κ1) is 9.40. The first-order valence-corrected chi connectivity index (χ1v) is 5.28. The maximum Gasteiger partial charge on any atom is 0.181 e. The smallest absolute Gasteiger partial charge is 0.181 e. The van der Waals surface area contributed by atoms with Crippen LogP contribution in [-0.2, 0) is 0 Å². The molecule has 0 atom stereocenters. The minimum atomic E-state index is 0.866. The highest BCUT2D eigenvalue weighted by molar-refractivity contribution is 7.15. The molecule has 14 heavy (non-hydrogen) atoms. The summed E-state index contributed by atoms with van der Waals surface area (Å²) in [6.07, 6.45) is 0. The van der Waals surface area contributed by atoms with Crippen molar-refractivity contribution in [2.45, 2.75) is 27.7 Å². The summed E-state index contributed by atoms with van der Waals surface area (Å²) in [5.74, 6) is 0.866. The van der Waals surface area contributed by atoms with E-state index in [0.29, 0.717) is 0 Å². The van der Waals surface area contributed by atoms with Crippen LogP contribution in [-0.4, -0.2) is 10.1 Å². The number of thiazole rings is 1. The Morgan fingerprint density at radius 2 is 1.79 bits per heavy atom. The first-order chi connectivity index (χ1) is 6.59. The summed E-state index contributed by atoms with van der Waals surface area (Å²) in [5, 5.41) is 5.01. The fourth-order valence-corrected chi connectivity index (χ4v) is 2.32. The Hall–Kier alpha value is -1.16. The zero-order valence-corrected chi connectivity index (χ0v) is 9.53. The largest absolute Gasteiger partial charge is 0.355 e. The highest BCUT2D eigenvalue weighted by Crippen LogP contribution is 2.32. The van der Waals surface area contributed by atoms with Gasteiger partial charge in [0.15, 0.2) is 5.76 Å². The number of hydrogen-bond donors (Lipinski definition) is 0. The molecule has 2 rings (SSSR count). The fourth-order valence-electron chi connectivity index (χ4n) is 1.37. The minimum Gasteiger partial charge on any atom is -0.355 e. The third-order valence-corrected chi connectivity index (χ3v) is 3.34. The van der Waals surface area contributed by atoms with Gasteiger partial charge >= 0.3 is 0 Å². The van der Waals surface area contributed by atoms with Crippen molar-refractivity contribution < 1.29 is 4.52 Å². The molecule has 0 bridgehead atoms. The predicted molar refractivity (Wildman–Crippen MR) is 56.6 cm³/mol. The van der Waals surface area contributed by atoms with E-state index in [1.54, 1.807) is 11.3 Å². The number of aromatic nitrogens is 2. The Morgan fingerprint density at radius 3 is 2.21 bits per heavy atom. The summed E-state index contributed by atoms with van der Waals surface area (Å²) < 4.78 is 5.30. The van der Waals surface area contributed by atoms with Gasteiger partial charge < -0.3 is 4.52 Å². The summed E-state index contributed by atoms with van der Waals surface area (Å²) in [5.41, 5.74) is 3.08. The van der Waals surface area contributed by atoms with Gasteiger partial charge in [-0.2, -0.15) is 0 Å². The second-order valence-corrected chi connectivity index (χ2v) is 4.57. The summed E-state index contributed by atoms with van der Waals surface area (Å²) in [4.78, 5) is 5.47. The van der Waals surface area contributed by atoms with Crippen LogP contribution in [0, 0.1) is 27.7 Å². The van der Waals surface area contributed by atoms with Crippen molar-refractivity contribution in [3.8, 4) is 10.6 Å². The van der Waals surface area contributed by atoms with Crippen LogP contribution in [0.15, 0.2) is 4.52 Å². The summed E-state index contributed by atoms with van der Waals surface area (Å²) in [6.45, 7) is 7.97. The Labute approximate surface area is 86.8 Å². The van der Waals surface area contributed by atoms with Gasteiger partial charge in [-0.05, 0) is 27.7 Å². The van der Waals surface area contributed by atoms with Crippen LogP contribution in [0.4, 0.5) is 0 Å². The molecule has 0 fully saturated rings. The molecule has 3 nitrogen and oxygen atoms in total. The van der Waals surface area contributed by atoms with Gasteiger partial charge in [0.25, 0.3) is 0 Å². The standard InChI is InChI=1S/C10H12N2OS/c1-5-6(2)12-13-9(5)10-7(3)11-8(4)14-10/h1-4H3. The maximum absolute atomic E-state index is 5.30. The van der Waals surface area contributed by atoms with E-state index in [1.807, 2.05) is 27.7 Å². The van der Waals surface area contributed by atoms with Gasteiger partial charge in [-0.3, -0.25) is 0 Å². The lowest BCUT2D eigenvalue weighted by Crippen LogP contribution is -1.79. The van der Waals surface area contributed by atoms with E-state index < -0.39 is 0 Å². The molecule has 0 saturated carbocycles. The van der Waals surface area contributed by atoms with Crippen molar-refractivity contribution in [3.05, 3.63) is 22.0 Å². The highest BCUT2D eigenvalue weighted by atomic mass is 32.1. The maximum atomic E-state index is 5.30. The average molecular weight is 208 g/mol. The zero-order valence-electron chi connectivity index (χ0n) is 8.71. The van der Waals surface area contributed by atoms with Crippen molar-refractivity contribution >= 4 is 11.3 Å². The van der Waals surface area contributed by atoms with Crippen LogP contribution in [0.25, 0.3) is 10.6 Å². The summed E-state index contributed by atoms with van der Waals surface area (Å²) in [7, 11) is 0. The van der Waals surface area contributed by atoms with E-state index in [1.165, 1.54) is 0 Å². The van der Waals surface area contributed by atoms with E-state index >= 15 is 0 Å². The summed E-state index contributed by atoms with van der Waals surface area (Å²) >= 11 is 1.65. The van der Waals surface area contributed by atoms with E-state index in [2.05, 4.69) is 10.1 Å². The molecule has 0 spiro atoms. The molecule has 0 aliphatic carbocycles. The Kier molecular flexibility index (Phi) is 2.15. The number of rotatable bonds is 1. The lowest BCUT2D eigenvalue weighted by atomic mass is 10.2. The van der Waals surface area contributed by atoms with Gasteiger partial charge in [0.1, 0.15) is 0 Å². The molecule has 2 aromatic heterocycles. The topological polar surface area (TPSA) is 38.9 Å². The highest BCUT2D eigenvalue weighted by Gasteiger charge is 2.16. The van der Waals surface area contributed by atoms with Crippen molar-refractivity contribution in [2.75, 3.05) is 0 Å². The quantitative estimate of drug-likeness (QED) is 0.723. The van der Waals surface area contributed by atoms with E-state index in [0.717, 1.165) is 32.6 Å². The van der Waals surface area contributed by atoms with Crippen LogP contribution >= 0.6 is 11.3 Å². The number of nitrogens with zero attached hydrogens (tertiary/aromatic N) is 2. The predicted octanol–water partition coefficient (Wildman–Crippen LogP) is 3.03. The van der Waals surface area contributed by atoms with Gasteiger partial charge in [0.2, 0.25) is 0 Å². The van der Waals surface area contributed by atoms with Gasteiger partial charge in [-0.15, -0.1) is 11.3 Å². The van der Waals surface area contributed by atoms with Crippen LogP contribution in [0.2, 0.25) is 0 Å². The zero-order chi connectivity index (χ0) is 10.3. The van der Waals surface area contributed by atoms with Crippen molar-refractivity contribution in [1.82, 2.24) is 10.1 Å². The van der Waals surface area contributed by atoms with Gasteiger partial charge in [-0.25, -0.2) is 4.98 Å². The molecule has 74 valence electrons. The molecule has 2 aromatic rings. The number of aryl methyl sites for hydroxylation is 3. The fraction of sp³-hybridized carbons (Fsp3) is 0.400. The van der Waals surface area contributed by atoms with Gasteiger partial charge in [0.05, 0.1) is 21.3 Å². The molecule has 4 heteroatoms. The van der Waals surface area contributed by atoms with Crippen LogP contribution in [0.3, 0.4) is 0 Å². The lowest BCUT2D eigenvalue weighted by molar-refractivity contribution is 0.427. The molecule has 0 aliphatic heterocycles. The minimum absolute atomic E-state index is 0.866. The molecule has 0 radical (unpaired) electrons. The molecule has 0 saturated heterocycles. The second-order valence-electron chi connectivity index (χ2n) is 3.37. The second kappa shape index (κ2) is 3.20. The third kappa shape index (κ3) is 1.35. The average Bonchev–Trinajstić information content (AvgIpc) is 2.59. The van der Waals surface area contributed by atoms with Crippen LogP contribution in [0.1, 0.15) is 22.0 Å². The Morgan fingerprint density at radius 1 is 1.07 bits per heavy atom. The molecular formula is C10H12N2OS. The molecule has 0 aromatic carbocycles. The third-order valence-electron chi connectivity index (χ3n) is 2.27. The van der Waals surface area contributed by atoms with Crippen LogP contribution < -0.4 is 0 Å². The summed E-state index contributed by atoms with van der Waals surface area (Å²) in [6, 6.07) is 0. The van der Waals surface area contributed by atoms with Crippen LogP contribution in [0.5, 0.6) is 0 Å². The van der Waals surface area contributed by atoms with Gasteiger partial charge in [-0.1, -0.05) is 5.16 Å². The Bertz CT molecular complexity index is 470. The molecule has 0 N–H and O–H groups in total. The normalized spacial score (nSPS) is 10.9. The van der Waals surface area contributed by atoms with Gasteiger partial charge in [0, 0.05) is 5.56 Å². The molecular weight excluding hydrogens is 196 g/mol. The molecule has 0 amide bonds. The molecule has 0 aliphatic rings. The van der Waals surface area contributed by atoms with Crippen molar-refractivity contribution in [2.24, 2.45) is 0 Å². The lowest BCUT2D eigenvalue weighted by Gasteiger charge is -1.92. The van der Waals surface area contributed by atoms with E-state index in [-0.39, 0.29) is 0 Å². The molecule has 0 unspecified atom stereocenters.